The number of furan rings is 1. The van der Waals surface area contributed by atoms with E-state index in [0.717, 1.165) is 6.42 Å². The van der Waals surface area contributed by atoms with Gasteiger partial charge in [0, 0.05) is 5.56 Å². The molecule has 2 nitrogen and oxygen atoms in total. The van der Waals surface area contributed by atoms with Gasteiger partial charge >= 0.3 is 0 Å². The highest BCUT2D eigenvalue weighted by Gasteiger charge is 2.09. The number of hydrogen-bond acceptors (Lipinski definition) is 2. The van der Waals surface area contributed by atoms with Crippen LogP contribution in [0.4, 0.5) is 0 Å². The van der Waals surface area contributed by atoms with E-state index >= 15 is 0 Å². The Hall–Kier alpha value is -1.83. The molecule has 0 fully saturated rings. The molecule has 0 N–H and O–H groups in total. The molecule has 1 aromatic heterocycles. The van der Waals surface area contributed by atoms with Gasteiger partial charge in [-0.3, -0.25) is 4.79 Å². The van der Waals surface area contributed by atoms with Crippen LogP contribution in [0, 0.1) is 5.92 Å². The van der Waals surface area contributed by atoms with Gasteiger partial charge in [-0.1, -0.05) is 38.1 Å². The van der Waals surface area contributed by atoms with Gasteiger partial charge in [0.25, 0.3) is 0 Å². The molecular weight excluding hydrogens is 212 g/mol. The SMILES string of the molecule is CC(C)Cc1ccc(C(=O)c2ccoc2)cc1. The first-order valence-corrected chi connectivity index (χ1v) is 5.82. The highest BCUT2D eigenvalue weighted by atomic mass is 16.3. The van der Waals surface area contributed by atoms with Crippen molar-refractivity contribution in [1.29, 1.82) is 0 Å². The number of ketones is 1. The first-order valence-electron chi connectivity index (χ1n) is 5.82. The van der Waals surface area contributed by atoms with Crippen LogP contribution in [0.3, 0.4) is 0 Å². The summed E-state index contributed by atoms with van der Waals surface area (Å²) in [6.07, 6.45) is 4.03. The molecule has 0 spiro atoms. The smallest absolute Gasteiger partial charge is 0.196 e. The number of carbonyl (C=O) groups is 1. The summed E-state index contributed by atoms with van der Waals surface area (Å²) in [5, 5.41) is 0. The van der Waals surface area contributed by atoms with E-state index in [0.29, 0.717) is 17.0 Å². The number of benzene rings is 1. The molecule has 0 atom stereocenters. The lowest BCUT2D eigenvalue weighted by atomic mass is 9.99. The predicted molar refractivity (Wildman–Crippen MR) is 67.1 cm³/mol. The summed E-state index contributed by atoms with van der Waals surface area (Å²) >= 11 is 0. The van der Waals surface area contributed by atoms with Crippen LogP contribution in [0.15, 0.2) is 47.3 Å². The minimum absolute atomic E-state index is 0.00912. The zero-order chi connectivity index (χ0) is 12.3. The van der Waals surface area contributed by atoms with Crippen molar-refractivity contribution in [2.45, 2.75) is 20.3 Å². The first kappa shape index (κ1) is 11.6. The van der Waals surface area contributed by atoms with Crippen LogP contribution in [0.5, 0.6) is 0 Å². The highest BCUT2D eigenvalue weighted by Crippen LogP contribution is 2.13. The zero-order valence-electron chi connectivity index (χ0n) is 10.1. The monoisotopic (exact) mass is 228 g/mol. The Balaban J connectivity index is 2.15. The number of hydrogen-bond donors (Lipinski definition) is 0. The lowest BCUT2D eigenvalue weighted by molar-refractivity contribution is 0.103. The highest BCUT2D eigenvalue weighted by molar-refractivity contribution is 6.08. The Kier molecular flexibility index (Phi) is 3.43. The molecule has 17 heavy (non-hydrogen) atoms. The number of rotatable bonds is 4. The van der Waals surface area contributed by atoms with Crippen LogP contribution in [-0.4, -0.2) is 5.78 Å². The topological polar surface area (TPSA) is 30.2 Å². The molecule has 0 saturated heterocycles. The average Bonchev–Trinajstić information content (AvgIpc) is 2.82. The molecule has 0 aliphatic heterocycles. The largest absolute Gasteiger partial charge is 0.472 e. The molecule has 0 amide bonds. The molecule has 1 heterocycles. The molecule has 0 aliphatic carbocycles. The van der Waals surface area contributed by atoms with E-state index in [1.54, 1.807) is 6.07 Å². The second kappa shape index (κ2) is 5.00. The standard InChI is InChI=1S/C15H16O2/c1-11(2)9-12-3-5-13(6-4-12)15(16)14-7-8-17-10-14/h3-8,10-11H,9H2,1-2H3. The lowest BCUT2D eigenvalue weighted by Crippen LogP contribution is -2.00. The lowest BCUT2D eigenvalue weighted by Gasteiger charge is -2.05. The Morgan fingerprint density at radius 1 is 1.12 bits per heavy atom. The summed E-state index contributed by atoms with van der Waals surface area (Å²) in [4.78, 5) is 12.0. The van der Waals surface area contributed by atoms with Crippen LogP contribution >= 0.6 is 0 Å². The fraction of sp³-hybridized carbons (Fsp3) is 0.267. The van der Waals surface area contributed by atoms with Gasteiger partial charge in [-0.15, -0.1) is 0 Å². The summed E-state index contributed by atoms with van der Waals surface area (Å²) in [6.45, 7) is 4.37. The fourth-order valence-corrected chi connectivity index (χ4v) is 1.82. The van der Waals surface area contributed by atoms with Crippen molar-refractivity contribution in [3.05, 3.63) is 59.5 Å². The summed E-state index contributed by atoms with van der Waals surface area (Å²) in [5.74, 6) is 0.639. The number of carbonyl (C=O) groups excluding carboxylic acids is 1. The minimum atomic E-state index is 0.00912. The van der Waals surface area contributed by atoms with Crippen molar-refractivity contribution in [3.8, 4) is 0 Å². The van der Waals surface area contributed by atoms with E-state index in [2.05, 4.69) is 13.8 Å². The summed E-state index contributed by atoms with van der Waals surface area (Å²) < 4.78 is 4.91. The van der Waals surface area contributed by atoms with E-state index in [4.69, 9.17) is 4.42 Å². The molecule has 0 aliphatic rings. The zero-order valence-corrected chi connectivity index (χ0v) is 10.1. The van der Waals surface area contributed by atoms with Crippen LogP contribution < -0.4 is 0 Å². The van der Waals surface area contributed by atoms with E-state index in [-0.39, 0.29) is 5.78 Å². The molecule has 0 radical (unpaired) electrons. The quantitative estimate of drug-likeness (QED) is 0.747. The molecule has 2 rings (SSSR count). The average molecular weight is 228 g/mol. The fourth-order valence-electron chi connectivity index (χ4n) is 1.82. The third-order valence-electron chi connectivity index (χ3n) is 2.64. The maximum atomic E-state index is 12.0. The minimum Gasteiger partial charge on any atom is -0.472 e. The van der Waals surface area contributed by atoms with Crippen molar-refractivity contribution in [1.82, 2.24) is 0 Å². The molecule has 88 valence electrons. The van der Waals surface area contributed by atoms with E-state index in [9.17, 15) is 4.79 Å². The van der Waals surface area contributed by atoms with E-state index in [1.807, 2.05) is 24.3 Å². The summed E-state index contributed by atoms with van der Waals surface area (Å²) in [6, 6.07) is 9.49. The van der Waals surface area contributed by atoms with Gasteiger partial charge in [0.2, 0.25) is 0 Å². The van der Waals surface area contributed by atoms with Crippen LogP contribution in [-0.2, 0) is 6.42 Å². The van der Waals surface area contributed by atoms with Crippen LogP contribution in [0.2, 0.25) is 0 Å². The normalized spacial score (nSPS) is 10.8. The van der Waals surface area contributed by atoms with Gasteiger partial charge < -0.3 is 4.42 Å². The molecule has 0 unspecified atom stereocenters. The maximum absolute atomic E-state index is 12.0. The van der Waals surface area contributed by atoms with Gasteiger partial charge in [0.15, 0.2) is 5.78 Å². The Bertz CT molecular complexity index is 478. The van der Waals surface area contributed by atoms with Crippen molar-refractivity contribution < 1.29 is 9.21 Å². The van der Waals surface area contributed by atoms with Gasteiger partial charge in [-0.05, 0) is 24.0 Å². The Morgan fingerprint density at radius 3 is 2.35 bits per heavy atom. The molecule has 2 aromatic rings. The first-order chi connectivity index (χ1) is 8.16. The van der Waals surface area contributed by atoms with Gasteiger partial charge in [0.1, 0.15) is 6.26 Å². The van der Waals surface area contributed by atoms with Crippen molar-refractivity contribution >= 4 is 5.78 Å². The van der Waals surface area contributed by atoms with Crippen molar-refractivity contribution in [2.75, 3.05) is 0 Å². The third-order valence-corrected chi connectivity index (χ3v) is 2.64. The Labute approximate surface area is 101 Å². The van der Waals surface area contributed by atoms with E-state index < -0.39 is 0 Å². The van der Waals surface area contributed by atoms with Crippen LogP contribution in [0.25, 0.3) is 0 Å². The second-order valence-corrected chi connectivity index (χ2v) is 4.64. The molecule has 2 heteroatoms. The van der Waals surface area contributed by atoms with Gasteiger partial charge in [-0.2, -0.15) is 0 Å². The second-order valence-electron chi connectivity index (χ2n) is 4.64. The Morgan fingerprint density at radius 2 is 1.82 bits per heavy atom. The summed E-state index contributed by atoms with van der Waals surface area (Å²) in [5.41, 5.74) is 2.57. The van der Waals surface area contributed by atoms with Crippen molar-refractivity contribution in [3.63, 3.8) is 0 Å². The summed E-state index contributed by atoms with van der Waals surface area (Å²) in [7, 11) is 0. The maximum Gasteiger partial charge on any atom is 0.196 e. The van der Waals surface area contributed by atoms with Gasteiger partial charge in [0.05, 0.1) is 11.8 Å². The van der Waals surface area contributed by atoms with Gasteiger partial charge in [-0.25, -0.2) is 0 Å². The molecule has 0 saturated carbocycles. The molecule has 1 aromatic carbocycles. The molecular formula is C15H16O2. The molecule has 0 bridgehead atoms. The van der Waals surface area contributed by atoms with Crippen LogP contribution in [0.1, 0.15) is 35.3 Å². The van der Waals surface area contributed by atoms with E-state index in [1.165, 1.54) is 18.1 Å². The predicted octanol–water partition coefficient (Wildman–Crippen LogP) is 3.71. The third kappa shape index (κ3) is 2.84. The van der Waals surface area contributed by atoms with Crippen molar-refractivity contribution in [2.24, 2.45) is 5.92 Å².